The van der Waals surface area contributed by atoms with Crippen LogP contribution in [0.3, 0.4) is 0 Å². The molecule has 0 bridgehead atoms. The van der Waals surface area contributed by atoms with Crippen molar-refractivity contribution in [1.29, 1.82) is 0 Å². The molecule has 0 aliphatic carbocycles. The third-order valence-electron chi connectivity index (χ3n) is 4.22. The Morgan fingerprint density at radius 2 is 2.07 bits per heavy atom. The first-order valence-electron chi connectivity index (χ1n) is 9.30. The minimum absolute atomic E-state index is 0.177. The van der Waals surface area contributed by atoms with Crippen LogP contribution in [0.5, 0.6) is 5.75 Å². The molecule has 1 amide bonds. The van der Waals surface area contributed by atoms with Crippen LogP contribution in [0.4, 0.5) is 5.69 Å². The van der Waals surface area contributed by atoms with Gasteiger partial charge in [-0.1, -0.05) is 24.6 Å². The van der Waals surface area contributed by atoms with Crippen molar-refractivity contribution in [2.75, 3.05) is 20.8 Å². The largest absolute Gasteiger partial charge is 0.493 e. The number of esters is 1. The van der Waals surface area contributed by atoms with Crippen LogP contribution in [-0.2, 0) is 9.53 Å². The molecule has 0 radical (unpaired) electrons. The van der Waals surface area contributed by atoms with Gasteiger partial charge >= 0.3 is 5.97 Å². The lowest BCUT2D eigenvalue weighted by Crippen LogP contribution is -2.23. The minimum Gasteiger partial charge on any atom is -0.493 e. The number of nitrogens with zero attached hydrogens (tertiary/aromatic N) is 2. The Morgan fingerprint density at radius 3 is 2.80 bits per heavy atom. The van der Waals surface area contributed by atoms with E-state index in [9.17, 15) is 9.59 Å². The van der Waals surface area contributed by atoms with Crippen molar-refractivity contribution in [3.63, 3.8) is 0 Å². The summed E-state index contributed by atoms with van der Waals surface area (Å²) in [5.41, 5.74) is 1.67. The second-order valence-electron chi connectivity index (χ2n) is 6.44. The van der Waals surface area contributed by atoms with Gasteiger partial charge in [0.15, 0.2) is 5.17 Å². The molecule has 0 saturated carbocycles. The summed E-state index contributed by atoms with van der Waals surface area (Å²) in [5, 5.41) is 1.06. The van der Waals surface area contributed by atoms with E-state index < -0.39 is 5.97 Å². The van der Waals surface area contributed by atoms with Crippen molar-refractivity contribution in [3.8, 4) is 5.75 Å². The highest BCUT2D eigenvalue weighted by atomic mass is 35.5. The first-order valence-corrected chi connectivity index (χ1v) is 10.5. The summed E-state index contributed by atoms with van der Waals surface area (Å²) in [6.45, 7) is 2.60. The van der Waals surface area contributed by atoms with E-state index >= 15 is 0 Å². The van der Waals surface area contributed by atoms with Crippen molar-refractivity contribution in [1.82, 2.24) is 4.90 Å². The van der Waals surface area contributed by atoms with E-state index in [4.69, 9.17) is 21.1 Å². The quantitative estimate of drug-likeness (QED) is 0.455. The lowest BCUT2D eigenvalue weighted by Gasteiger charge is -2.09. The SMILES string of the molecule is CCCOc1ccc(Cl)cc1C=C1SC(=Nc2cccc(C(=O)OC)c2)N(C)C1=O. The molecule has 1 aliphatic heterocycles. The highest BCUT2D eigenvalue weighted by Gasteiger charge is 2.30. The Kier molecular flexibility index (Phi) is 7.18. The summed E-state index contributed by atoms with van der Waals surface area (Å²) in [6, 6.07) is 12.1. The minimum atomic E-state index is -0.443. The van der Waals surface area contributed by atoms with Crippen LogP contribution in [0.1, 0.15) is 29.3 Å². The second-order valence-corrected chi connectivity index (χ2v) is 7.89. The maximum Gasteiger partial charge on any atom is 0.337 e. The van der Waals surface area contributed by atoms with Gasteiger partial charge in [-0.05, 0) is 60.7 Å². The van der Waals surface area contributed by atoms with Crippen LogP contribution in [0, 0.1) is 0 Å². The number of halogens is 1. The molecule has 6 nitrogen and oxygen atoms in total. The standard InChI is InChI=1S/C22H21ClN2O4S/c1-4-10-29-18-9-8-16(23)11-15(18)13-19-20(26)25(2)22(30-19)24-17-7-5-6-14(12-17)21(27)28-3/h5-9,11-13H,4,10H2,1-3H3. The van der Waals surface area contributed by atoms with Gasteiger partial charge in [0, 0.05) is 17.6 Å². The van der Waals surface area contributed by atoms with Crippen LogP contribution in [0.25, 0.3) is 6.08 Å². The van der Waals surface area contributed by atoms with Gasteiger partial charge in [-0.25, -0.2) is 9.79 Å². The van der Waals surface area contributed by atoms with E-state index in [0.29, 0.717) is 38.7 Å². The molecule has 1 fully saturated rings. The maximum absolute atomic E-state index is 12.8. The molecule has 156 valence electrons. The normalized spacial score (nSPS) is 16.4. The van der Waals surface area contributed by atoms with Crippen molar-refractivity contribution in [2.24, 2.45) is 4.99 Å². The summed E-state index contributed by atoms with van der Waals surface area (Å²) in [4.78, 5) is 31.0. The van der Waals surface area contributed by atoms with Crippen LogP contribution in [-0.4, -0.2) is 42.7 Å². The number of carbonyl (C=O) groups is 2. The van der Waals surface area contributed by atoms with E-state index in [2.05, 4.69) is 4.99 Å². The van der Waals surface area contributed by atoms with Crippen LogP contribution in [0.15, 0.2) is 52.4 Å². The summed E-state index contributed by atoms with van der Waals surface area (Å²) >= 11 is 7.39. The van der Waals surface area contributed by atoms with Crippen LogP contribution >= 0.6 is 23.4 Å². The van der Waals surface area contributed by atoms with E-state index in [1.165, 1.54) is 23.8 Å². The number of likely N-dealkylation sites (N-methyl/N-ethyl adjacent to an activating group) is 1. The number of rotatable bonds is 6. The van der Waals surface area contributed by atoms with E-state index in [-0.39, 0.29) is 5.91 Å². The van der Waals surface area contributed by atoms with Gasteiger partial charge in [-0.3, -0.25) is 9.69 Å². The predicted octanol–water partition coefficient (Wildman–Crippen LogP) is 5.15. The fraction of sp³-hybridized carbons (Fsp3) is 0.227. The zero-order chi connectivity index (χ0) is 21.7. The number of benzene rings is 2. The number of thioether (sulfide) groups is 1. The molecule has 0 N–H and O–H groups in total. The van der Waals surface area contributed by atoms with Crippen LogP contribution < -0.4 is 4.74 Å². The summed E-state index contributed by atoms with van der Waals surface area (Å²) in [6.07, 6.45) is 2.63. The number of amidine groups is 1. The molecule has 0 spiro atoms. The molecule has 2 aromatic rings. The second kappa shape index (κ2) is 9.82. The molecule has 8 heteroatoms. The number of methoxy groups -OCH3 is 1. The van der Waals surface area contributed by atoms with Gasteiger partial charge in [0.2, 0.25) is 0 Å². The van der Waals surface area contributed by atoms with Crippen LogP contribution in [0.2, 0.25) is 5.02 Å². The number of aliphatic imine (C=N–C) groups is 1. The van der Waals surface area contributed by atoms with Gasteiger partial charge in [-0.2, -0.15) is 0 Å². The Morgan fingerprint density at radius 1 is 1.27 bits per heavy atom. The molecule has 0 unspecified atom stereocenters. The zero-order valence-electron chi connectivity index (χ0n) is 16.8. The first kappa shape index (κ1) is 21.9. The predicted molar refractivity (Wildman–Crippen MR) is 120 cm³/mol. The fourth-order valence-electron chi connectivity index (χ4n) is 2.70. The number of carbonyl (C=O) groups excluding carboxylic acids is 2. The molecule has 2 aromatic carbocycles. The van der Waals surface area contributed by atoms with Gasteiger partial charge in [0.25, 0.3) is 5.91 Å². The lowest BCUT2D eigenvalue weighted by molar-refractivity contribution is -0.121. The summed E-state index contributed by atoms with van der Waals surface area (Å²) < 4.78 is 10.5. The number of hydrogen-bond donors (Lipinski definition) is 0. The molecule has 1 heterocycles. The third kappa shape index (κ3) is 5.04. The van der Waals surface area contributed by atoms with Gasteiger partial charge < -0.3 is 9.47 Å². The number of ether oxygens (including phenoxy) is 2. The van der Waals surface area contributed by atoms with E-state index in [1.807, 2.05) is 6.92 Å². The fourth-order valence-corrected chi connectivity index (χ4v) is 3.86. The Bertz CT molecular complexity index is 1040. The number of hydrogen-bond acceptors (Lipinski definition) is 6. The molecular formula is C22H21ClN2O4S. The average Bonchev–Trinajstić information content (AvgIpc) is 3.00. The van der Waals surface area contributed by atoms with Gasteiger partial charge in [0.1, 0.15) is 5.75 Å². The van der Waals surface area contributed by atoms with E-state index in [1.54, 1.807) is 55.6 Å². The molecule has 0 atom stereocenters. The zero-order valence-corrected chi connectivity index (χ0v) is 18.4. The highest BCUT2D eigenvalue weighted by Crippen LogP contribution is 2.35. The van der Waals surface area contributed by atoms with E-state index in [0.717, 1.165) is 12.0 Å². The van der Waals surface area contributed by atoms with Crippen molar-refractivity contribution < 1.29 is 19.1 Å². The third-order valence-corrected chi connectivity index (χ3v) is 5.51. The van der Waals surface area contributed by atoms with Gasteiger partial charge in [-0.15, -0.1) is 0 Å². The first-order chi connectivity index (χ1) is 14.4. The summed E-state index contributed by atoms with van der Waals surface area (Å²) in [5.74, 6) is 0.0481. The monoisotopic (exact) mass is 444 g/mol. The van der Waals surface area contributed by atoms with Gasteiger partial charge in [0.05, 0.1) is 29.9 Å². The van der Waals surface area contributed by atoms with Crippen molar-refractivity contribution in [3.05, 3.63) is 63.5 Å². The summed E-state index contributed by atoms with van der Waals surface area (Å²) in [7, 11) is 2.98. The Hall–Kier alpha value is -2.77. The molecule has 1 saturated heterocycles. The lowest BCUT2D eigenvalue weighted by atomic mass is 10.2. The molecule has 3 rings (SSSR count). The molecular weight excluding hydrogens is 424 g/mol. The Balaban J connectivity index is 1.91. The molecule has 0 aromatic heterocycles. The highest BCUT2D eigenvalue weighted by molar-refractivity contribution is 8.18. The number of amides is 1. The average molecular weight is 445 g/mol. The van der Waals surface area contributed by atoms with Crippen molar-refractivity contribution in [2.45, 2.75) is 13.3 Å². The Labute approximate surface area is 184 Å². The topological polar surface area (TPSA) is 68.2 Å². The smallest absolute Gasteiger partial charge is 0.337 e. The van der Waals surface area contributed by atoms with Crippen molar-refractivity contribution >= 4 is 52.2 Å². The molecule has 1 aliphatic rings. The maximum atomic E-state index is 12.8. The molecule has 30 heavy (non-hydrogen) atoms.